The second kappa shape index (κ2) is 5.56. The van der Waals surface area contributed by atoms with Crippen LogP contribution in [0.25, 0.3) is 0 Å². The first-order valence-corrected chi connectivity index (χ1v) is 6.07. The summed E-state index contributed by atoms with van der Waals surface area (Å²) >= 11 is 0. The lowest BCUT2D eigenvalue weighted by Crippen LogP contribution is -2.10. The lowest BCUT2D eigenvalue weighted by atomic mass is 10.1. The fourth-order valence-corrected chi connectivity index (χ4v) is 1.89. The first kappa shape index (κ1) is 13.1. The number of ether oxygens (including phenoxy) is 1. The van der Waals surface area contributed by atoms with Gasteiger partial charge in [-0.05, 0) is 30.7 Å². The Labute approximate surface area is 112 Å². The van der Waals surface area contributed by atoms with Crippen LogP contribution in [0.5, 0.6) is 0 Å². The zero-order valence-corrected chi connectivity index (χ0v) is 11.1. The molecule has 0 spiro atoms. The normalized spacial score (nSPS) is 10.4. The molecule has 1 aromatic carbocycles. The van der Waals surface area contributed by atoms with Gasteiger partial charge in [0.1, 0.15) is 5.82 Å². The van der Waals surface area contributed by atoms with Gasteiger partial charge in [-0.25, -0.2) is 9.78 Å². The SMILES string of the molecule is Cc1cc(N)cc(C(=O)OCCc2nccn2C)c1. The van der Waals surface area contributed by atoms with Crippen molar-refractivity contribution in [1.82, 2.24) is 9.55 Å². The Morgan fingerprint density at radius 3 is 2.84 bits per heavy atom. The molecule has 5 nitrogen and oxygen atoms in total. The number of nitrogens with two attached hydrogens (primary N) is 1. The van der Waals surface area contributed by atoms with Gasteiger partial charge in [0, 0.05) is 31.5 Å². The van der Waals surface area contributed by atoms with Crippen molar-refractivity contribution in [2.45, 2.75) is 13.3 Å². The topological polar surface area (TPSA) is 70.1 Å². The molecule has 2 rings (SSSR count). The molecule has 0 aliphatic rings. The number of aryl methyl sites for hydroxylation is 2. The van der Waals surface area contributed by atoms with Gasteiger partial charge in [0.05, 0.1) is 12.2 Å². The van der Waals surface area contributed by atoms with Gasteiger partial charge in [0.25, 0.3) is 0 Å². The molecule has 1 heterocycles. The van der Waals surface area contributed by atoms with E-state index in [-0.39, 0.29) is 5.97 Å². The van der Waals surface area contributed by atoms with E-state index in [0.717, 1.165) is 11.4 Å². The van der Waals surface area contributed by atoms with Crippen molar-refractivity contribution in [2.24, 2.45) is 7.05 Å². The van der Waals surface area contributed by atoms with Crippen LogP contribution >= 0.6 is 0 Å². The lowest BCUT2D eigenvalue weighted by molar-refractivity contribution is 0.0507. The fraction of sp³-hybridized carbons (Fsp3) is 0.286. The predicted molar refractivity (Wildman–Crippen MR) is 72.8 cm³/mol. The van der Waals surface area contributed by atoms with Gasteiger partial charge in [-0.2, -0.15) is 0 Å². The molecule has 5 heteroatoms. The number of esters is 1. The number of anilines is 1. The number of hydrogen-bond donors (Lipinski definition) is 1. The molecule has 0 saturated heterocycles. The molecule has 2 aromatic rings. The fourth-order valence-electron chi connectivity index (χ4n) is 1.89. The van der Waals surface area contributed by atoms with Crippen molar-refractivity contribution in [3.05, 3.63) is 47.5 Å². The first-order valence-electron chi connectivity index (χ1n) is 6.07. The molecule has 0 aliphatic heterocycles. The smallest absolute Gasteiger partial charge is 0.338 e. The van der Waals surface area contributed by atoms with Crippen LogP contribution in [0.15, 0.2) is 30.6 Å². The average molecular weight is 259 g/mol. The minimum atomic E-state index is -0.357. The van der Waals surface area contributed by atoms with Crippen molar-refractivity contribution in [3.63, 3.8) is 0 Å². The molecule has 0 unspecified atom stereocenters. The number of hydrogen-bond acceptors (Lipinski definition) is 4. The zero-order chi connectivity index (χ0) is 13.8. The van der Waals surface area contributed by atoms with E-state index in [1.54, 1.807) is 18.3 Å². The highest BCUT2D eigenvalue weighted by molar-refractivity contribution is 5.90. The van der Waals surface area contributed by atoms with E-state index < -0.39 is 0 Å². The van der Waals surface area contributed by atoms with Crippen LogP contribution < -0.4 is 5.73 Å². The van der Waals surface area contributed by atoms with Gasteiger partial charge in [0.2, 0.25) is 0 Å². The van der Waals surface area contributed by atoms with Gasteiger partial charge in [-0.15, -0.1) is 0 Å². The Kier molecular flexibility index (Phi) is 3.85. The standard InChI is InChI=1S/C14H17N3O2/c1-10-7-11(9-12(15)8-10)14(18)19-6-3-13-16-4-5-17(13)2/h4-5,7-9H,3,6,15H2,1-2H3. The number of nitrogen functional groups attached to an aromatic ring is 1. The molecule has 0 radical (unpaired) electrons. The van der Waals surface area contributed by atoms with E-state index in [4.69, 9.17) is 10.5 Å². The summed E-state index contributed by atoms with van der Waals surface area (Å²) in [5, 5.41) is 0. The molecule has 0 aliphatic carbocycles. The summed E-state index contributed by atoms with van der Waals surface area (Å²) in [6.45, 7) is 2.19. The third-order valence-electron chi connectivity index (χ3n) is 2.82. The molecular formula is C14H17N3O2. The Bertz CT molecular complexity index is 570. The first-order chi connectivity index (χ1) is 9.06. The summed E-state index contributed by atoms with van der Waals surface area (Å²) in [5.41, 5.74) is 7.69. The third kappa shape index (κ3) is 3.34. The van der Waals surface area contributed by atoms with Gasteiger partial charge < -0.3 is 15.0 Å². The molecule has 0 amide bonds. The van der Waals surface area contributed by atoms with Gasteiger partial charge in [-0.1, -0.05) is 0 Å². The molecule has 0 fully saturated rings. The van der Waals surface area contributed by atoms with E-state index in [1.807, 2.05) is 30.8 Å². The predicted octanol–water partition coefficient (Wildman–Crippen LogP) is 1.71. The van der Waals surface area contributed by atoms with E-state index >= 15 is 0 Å². The number of imidazole rings is 1. The highest BCUT2D eigenvalue weighted by atomic mass is 16.5. The Balaban J connectivity index is 1.92. The number of carbonyl (C=O) groups excluding carboxylic acids is 1. The molecule has 0 saturated carbocycles. The highest BCUT2D eigenvalue weighted by Gasteiger charge is 2.09. The van der Waals surface area contributed by atoms with Crippen LogP contribution in [0.1, 0.15) is 21.7 Å². The van der Waals surface area contributed by atoms with E-state index in [2.05, 4.69) is 4.98 Å². The number of carbonyl (C=O) groups is 1. The summed E-state index contributed by atoms with van der Waals surface area (Å²) < 4.78 is 7.12. The zero-order valence-electron chi connectivity index (χ0n) is 11.1. The van der Waals surface area contributed by atoms with Crippen LogP contribution in [0, 0.1) is 6.92 Å². The van der Waals surface area contributed by atoms with Crippen molar-refractivity contribution < 1.29 is 9.53 Å². The second-order valence-corrected chi connectivity index (χ2v) is 4.47. The number of nitrogens with zero attached hydrogens (tertiary/aromatic N) is 2. The van der Waals surface area contributed by atoms with E-state index in [1.165, 1.54) is 0 Å². The van der Waals surface area contributed by atoms with E-state index in [0.29, 0.717) is 24.3 Å². The lowest BCUT2D eigenvalue weighted by Gasteiger charge is -2.06. The maximum atomic E-state index is 11.9. The Hall–Kier alpha value is -2.30. The Morgan fingerprint density at radius 2 is 2.21 bits per heavy atom. The maximum Gasteiger partial charge on any atom is 0.338 e. The van der Waals surface area contributed by atoms with Crippen molar-refractivity contribution in [1.29, 1.82) is 0 Å². The van der Waals surface area contributed by atoms with Crippen molar-refractivity contribution in [3.8, 4) is 0 Å². The average Bonchev–Trinajstić information content (AvgIpc) is 2.74. The van der Waals surface area contributed by atoms with Gasteiger partial charge in [-0.3, -0.25) is 0 Å². The number of benzene rings is 1. The number of rotatable bonds is 4. The van der Waals surface area contributed by atoms with Crippen LogP contribution in [0.3, 0.4) is 0 Å². The minimum Gasteiger partial charge on any atom is -0.462 e. The van der Waals surface area contributed by atoms with Gasteiger partial charge >= 0.3 is 5.97 Å². The maximum absolute atomic E-state index is 11.9. The van der Waals surface area contributed by atoms with E-state index in [9.17, 15) is 4.79 Å². The van der Waals surface area contributed by atoms with Crippen LogP contribution in [-0.2, 0) is 18.2 Å². The summed E-state index contributed by atoms with van der Waals surface area (Å²) in [4.78, 5) is 16.0. The summed E-state index contributed by atoms with van der Waals surface area (Å²) in [5.74, 6) is 0.529. The largest absolute Gasteiger partial charge is 0.462 e. The van der Waals surface area contributed by atoms with Crippen LogP contribution in [-0.4, -0.2) is 22.1 Å². The highest BCUT2D eigenvalue weighted by Crippen LogP contribution is 2.12. The Morgan fingerprint density at radius 1 is 1.42 bits per heavy atom. The summed E-state index contributed by atoms with van der Waals surface area (Å²) in [6, 6.07) is 5.19. The molecule has 2 N–H and O–H groups in total. The molecule has 1 aromatic heterocycles. The minimum absolute atomic E-state index is 0.303. The molecule has 19 heavy (non-hydrogen) atoms. The summed E-state index contributed by atoms with van der Waals surface area (Å²) in [7, 11) is 1.91. The van der Waals surface area contributed by atoms with Crippen LogP contribution in [0.4, 0.5) is 5.69 Å². The molecule has 100 valence electrons. The monoisotopic (exact) mass is 259 g/mol. The second-order valence-electron chi connectivity index (χ2n) is 4.47. The van der Waals surface area contributed by atoms with Crippen molar-refractivity contribution in [2.75, 3.05) is 12.3 Å². The third-order valence-corrected chi connectivity index (χ3v) is 2.82. The molecular weight excluding hydrogens is 242 g/mol. The molecule has 0 atom stereocenters. The van der Waals surface area contributed by atoms with Crippen molar-refractivity contribution >= 4 is 11.7 Å². The quantitative estimate of drug-likeness (QED) is 0.670. The van der Waals surface area contributed by atoms with Gasteiger partial charge in [0.15, 0.2) is 0 Å². The summed E-state index contributed by atoms with van der Waals surface area (Å²) in [6.07, 6.45) is 4.17. The van der Waals surface area contributed by atoms with Crippen LogP contribution in [0.2, 0.25) is 0 Å². The molecule has 0 bridgehead atoms. The number of aromatic nitrogens is 2.